The van der Waals surface area contributed by atoms with Crippen LogP contribution in [0, 0.1) is 13.8 Å². The quantitative estimate of drug-likeness (QED) is 0.822. The molecule has 0 spiro atoms. The van der Waals surface area contributed by atoms with Gasteiger partial charge in [-0.25, -0.2) is 0 Å². The van der Waals surface area contributed by atoms with Crippen molar-refractivity contribution in [1.82, 2.24) is 9.78 Å². The maximum Gasteiger partial charge on any atom is 0.418 e. The topological polar surface area (TPSA) is 41.9 Å². The molecule has 22 heavy (non-hydrogen) atoms. The molecule has 4 nitrogen and oxygen atoms in total. The number of alkyl halides is 3. The van der Waals surface area contributed by atoms with Gasteiger partial charge in [-0.15, -0.1) is 0 Å². The Morgan fingerprint density at radius 1 is 1.18 bits per heavy atom. The van der Waals surface area contributed by atoms with E-state index in [1.54, 1.807) is 18.7 Å². The lowest BCUT2D eigenvalue weighted by Crippen LogP contribution is -2.22. The van der Waals surface area contributed by atoms with Crippen LogP contribution in [-0.2, 0) is 13.2 Å². The molecule has 0 radical (unpaired) electrons. The number of thiocarbonyl (C=S) groups is 1. The Labute approximate surface area is 131 Å². The van der Waals surface area contributed by atoms with E-state index in [2.05, 4.69) is 15.7 Å². The fourth-order valence-corrected chi connectivity index (χ4v) is 2.27. The Balaban J connectivity index is 2.20. The van der Waals surface area contributed by atoms with Crippen molar-refractivity contribution in [2.75, 3.05) is 10.6 Å². The van der Waals surface area contributed by atoms with Crippen molar-refractivity contribution in [2.45, 2.75) is 20.0 Å². The summed E-state index contributed by atoms with van der Waals surface area (Å²) in [6.45, 7) is 3.64. The third-order valence-electron chi connectivity index (χ3n) is 3.23. The molecule has 1 aromatic carbocycles. The molecule has 1 aromatic heterocycles. The van der Waals surface area contributed by atoms with E-state index in [4.69, 9.17) is 12.2 Å². The normalized spacial score (nSPS) is 11.4. The van der Waals surface area contributed by atoms with Gasteiger partial charge < -0.3 is 10.6 Å². The second-order valence-electron chi connectivity index (χ2n) is 4.79. The molecule has 0 amide bonds. The highest BCUT2D eigenvalue weighted by molar-refractivity contribution is 7.80. The van der Waals surface area contributed by atoms with Crippen molar-refractivity contribution < 1.29 is 13.2 Å². The van der Waals surface area contributed by atoms with Crippen molar-refractivity contribution in [3.05, 3.63) is 41.2 Å². The molecule has 1 heterocycles. The van der Waals surface area contributed by atoms with E-state index in [1.165, 1.54) is 18.2 Å². The highest BCUT2D eigenvalue weighted by Crippen LogP contribution is 2.34. The number of rotatable bonds is 2. The van der Waals surface area contributed by atoms with Crippen LogP contribution < -0.4 is 10.6 Å². The Kier molecular flexibility index (Phi) is 4.41. The molecular formula is C14H15F3N4S. The zero-order valence-corrected chi connectivity index (χ0v) is 13.1. The van der Waals surface area contributed by atoms with Crippen LogP contribution in [0.15, 0.2) is 24.3 Å². The van der Waals surface area contributed by atoms with Crippen LogP contribution in [0.5, 0.6) is 0 Å². The molecule has 8 heteroatoms. The summed E-state index contributed by atoms with van der Waals surface area (Å²) in [5, 5.41) is 9.78. The molecule has 0 bridgehead atoms. The smallest absolute Gasteiger partial charge is 0.332 e. The van der Waals surface area contributed by atoms with Crippen LogP contribution in [0.25, 0.3) is 0 Å². The second-order valence-corrected chi connectivity index (χ2v) is 5.20. The zero-order chi connectivity index (χ0) is 16.5. The molecule has 0 aliphatic carbocycles. The lowest BCUT2D eigenvalue weighted by atomic mass is 10.1. The monoisotopic (exact) mass is 328 g/mol. The van der Waals surface area contributed by atoms with Crippen LogP contribution >= 0.6 is 12.2 Å². The standard InChI is InChI=1S/C14H15F3N4S/c1-8-12(9(2)21(3)20-8)19-13(22)18-11-7-5-4-6-10(11)14(15,16)17/h4-7H,1-3H3,(H2,18,19,22). The summed E-state index contributed by atoms with van der Waals surface area (Å²) in [7, 11) is 1.78. The molecule has 0 aliphatic heterocycles. The summed E-state index contributed by atoms with van der Waals surface area (Å²) in [4.78, 5) is 0. The molecule has 2 rings (SSSR count). The molecule has 0 atom stereocenters. The summed E-state index contributed by atoms with van der Waals surface area (Å²) in [5.74, 6) is 0. The minimum absolute atomic E-state index is 0.0795. The minimum atomic E-state index is -4.45. The van der Waals surface area contributed by atoms with E-state index in [0.29, 0.717) is 11.4 Å². The van der Waals surface area contributed by atoms with Gasteiger partial charge in [0, 0.05) is 7.05 Å². The molecule has 2 N–H and O–H groups in total. The van der Waals surface area contributed by atoms with Gasteiger partial charge in [0.1, 0.15) is 0 Å². The Hall–Kier alpha value is -2.09. The van der Waals surface area contributed by atoms with Crippen molar-refractivity contribution >= 4 is 28.7 Å². The van der Waals surface area contributed by atoms with Crippen LogP contribution in [-0.4, -0.2) is 14.9 Å². The molecule has 0 unspecified atom stereocenters. The van der Waals surface area contributed by atoms with E-state index in [0.717, 1.165) is 11.8 Å². The summed E-state index contributed by atoms with van der Waals surface area (Å²) in [6.07, 6.45) is -4.45. The summed E-state index contributed by atoms with van der Waals surface area (Å²) in [6, 6.07) is 5.19. The van der Waals surface area contributed by atoms with Crippen molar-refractivity contribution in [3.8, 4) is 0 Å². The van der Waals surface area contributed by atoms with Crippen LogP contribution in [0.4, 0.5) is 24.5 Å². The largest absolute Gasteiger partial charge is 0.418 e. The minimum Gasteiger partial charge on any atom is -0.332 e. The van der Waals surface area contributed by atoms with Crippen LogP contribution in [0.3, 0.4) is 0 Å². The predicted octanol–water partition coefficient (Wildman–Crippen LogP) is 3.86. The molecule has 0 saturated carbocycles. The maximum absolute atomic E-state index is 12.9. The zero-order valence-electron chi connectivity index (χ0n) is 12.2. The second kappa shape index (κ2) is 5.96. The first-order valence-corrected chi connectivity index (χ1v) is 6.85. The molecule has 118 valence electrons. The van der Waals surface area contributed by atoms with Gasteiger partial charge in [-0.3, -0.25) is 4.68 Å². The van der Waals surface area contributed by atoms with E-state index in [9.17, 15) is 13.2 Å². The maximum atomic E-state index is 12.9. The predicted molar refractivity (Wildman–Crippen MR) is 84.0 cm³/mol. The first-order chi connectivity index (χ1) is 10.2. The lowest BCUT2D eigenvalue weighted by molar-refractivity contribution is -0.136. The Morgan fingerprint density at radius 2 is 1.82 bits per heavy atom. The van der Waals surface area contributed by atoms with E-state index in [1.807, 2.05) is 6.92 Å². The highest BCUT2D eigenvalue weighted by Gasteiger charge is 2.33. The Morgan fingerprint density at radius 3 is 2.36 bits per heavy atom. The van der Waals surface area contributed by atoms with Gasteiger partial charge in [-0.05, 0) is 38.2 Å². The van der Waals surface area contributed by atoms with Gasteiger partial charge >= 0.3 is 6.18 Å². The van der Waals surface area contributed by atoms with Crippen molar-refractivity contribution in [3.63, 3.8) is 0 Å². The van der Waals surface area contributed by atoms with E-state index < -0.39 is 11.7 Å². The Bertz CT molecular complexity index is 707. The lowest BCUT2D eigenvalue weighted by Gasteiger charge is -2.15. The highest BCUT2D eigenvalue weighted by atomic mass is 32.1. The SMILES string of the molecule is Cc1nn(C)c(C)c1NC(=S)Nc1ccccc1C(F)(F)F. The van der Waals surface area contributed by atoms with E-state index in [-0.39, 0.29) is 10.8 Å². The number of anilines is 2. The number of nitrogens with zero attached hydrogens (tertiary/aromatic N) is 2. The van der Waals surface area contributed by atoms with Gasteiger partial charge in [0.05, 0.1) is 28.3 Å². The number of aryl methyl sites for hydroxylation is 2. The first-order valence-electron chi connectivity index (χ1n) is 6.44. The summed E-state index contributed by atoms with van der Waals surface area (Å²) < 4.78 is 40.5. The molecule has 0 aliphatic rings. The number of hydrogen-bond acceptors (Lipinski definition) is 2. The molecule has 0 fully saturated rings. The van der Waals surface area contributed by atoms with Crippen LogP contribution in [0.2, 0.25) is 0 Å². The van der Waals surface area contributed by atoms with Gasteiger partial charge in [0.15, 0.2) is 5.11 Å². The fourth-order valence-electron chi connectivity index (χ4n) is 2.06. The van der Waals surface area contributed by atoms with Gasteiger partial charge in [0.25, 0.3) is 0 Å². The van der Waals surface area contributed by atoms with Gasteiger partial charge in [0.2, 0.25) is 0 Å². The number of para-hydroxylation sites is 1. The first kappa shape index (κ1) is 16.3. The average Bonchev–Trinajstić information content (AvgIpc) is 2.65. The molecule has 0 saturated heterocycles. The van der Waals surface area contributed by atoms with Crippen LogP contribution in [0.1, 0.15) is 17.0 Å². The van der Waals surface area contributed by atoms with Crippen molar-refractivity contribution in [1.29, 1.82) is 0 Å². The average molecular weight is 328 g/mol. The fraction of sp³-hybridized carbons (Fsp3) is 0.286. The number of benzene rings is 1. The third kappa shape index (κ3) is 3.38. The number of nitrogens with one attached hydrogen (secondary N) is 2. The summed E-state index contributed by atoms with van der Waals surface area (Å²) in [5.41, 5.74) is 1.38. The molecule has 2 aromatic rings. The number of aromatic nitrogens is 2. The van der Waals surface area contributed by atoms with Crippen molar-refractivity contribution in [2.24, 2.45) is 7.05 Å². The van der Waals surface area contributed by atoms with Gasteiger partial charge in [-0.1, -0.05) is 12.1 Å². The summed E-state index contributed by atoms with van der Waals surface area (Å²) >= 11 is 5.10. The van der Waals surface area contributed by atoms with Gasteiger partial charge in [-0.2, -0.15) is 18.3 Å². The third-order valence-corrected chi connectivity index (χ3v) is 3.43. The number of hydrogen-bond donors (Lipinski definition) is 2. The number of halogens is 3. The molecular weight excluding hydrogens is 313 g/mol. The van der Waals surface area contributed by atoms with E-state index >= 15 is 0 Å².